The van der Waals surface area contributed by atoms with Crippen molar-refractivity contribution in [3.8, 4) is 0 Å². The molecule has 0 aliphatic heterocycles. The van der Waals surface area contributed by atoms with Crippen LogP contribution in [-0.2, 0) is 4.57 Å². The van der Waals surface area contributed by atoms with Crippen LogP contribution >= 0.6 is 8.03 Å². The third-order valence-electron chi connectivity index (χ3n) is 2.33. The molecule has 74 valence electrons. The highest BCUT2D eigenvalue weighted by molar-refractivity contribution is 7.37. The van der Waals surface area contributed by atoms with Crippen molar-refractivity contribution >= 4 is 8.03 Å². The molecule has 0 amide bonds. The fraction of sp³-hybridized carbons (Fsp3) is 0.778. The number of hydrogen-bond donors (Lipinski definition) is 2. The van der Waals surface area contributed by atoms with E-state index in [0.717, 1.165) is 32.1 Å². The molecular formula is C9H17NO2P+. The van der Waals surface area contributed by atoms with E-state index in [-0.39, 0.29) is 0 Å². The first kappa shape index (κ1) is 10.8. The minimum absolute atomic E-state index is 0.324. The van der Waals surface area contributed by atoms with Gasteiger partial charge in [-0.3, -0.25) is 0 Å². The standard InChI is InChI=1S/C9H16NO2P/c10-9-5-4-8(7-9)3-1-2-6-13(11)12/h4,9H,1-3,5-7,10H2/p+1. The van der Waals surface area contributed by atoms with Gasteiger partial charge < -0.3 is 5.73 Å². The highest BCUT2D eigenvalue weighted by atomic mass is 31.1. The Morgan fingerprint density at radius 2 is 2.38 bits per heavy atom. The number of rotatable bonds is 5. The van der Waals surface area contributed by atoms with Gasteiger partial charge in [0.05, 0.1) is 0 Å². The lowest BCUT2D eigenvalue weighted by Gasteiger charge is -2.01. The third kappa shape index (κ3) is 4.51. The second-order valence-electron chi connectivity index (χ2n) is 3.60. The molecule has 2 unspecified atom stereocenters. The van der Waals surface area contributed by atoms with Crippen LogP contribution in [0.25, 0.3) is 0 Å². The van der Waals surface area contributed by atoms with Crippen LogP contribution in [0.2, 0.25) is 0 Å². The van der Waals surface area contributed by atoms with Crippen molar-refractivity contribution in [2.24, 2.45) is 5.73 Å². The summed E-state index contributed by atoms with van der Waals surface area (Å²) in [4.78, 5) is 8.56. The lowest BCUT2D eigenvalue weighted by Crippen LogP contribution is -2.14. The van der Waals surface area contributed by atoms with Crippen molar-refractivity contribution in [3.63, 3.8) is 0 Å². The lowest BCUT2D eigenvalue weighted by molar-refractivity contribution is 0.500. The molecule has 2 atom stereocenters. The van der Waals surface area contributed by atoms with E-state index in [2.05, 4.69) is 6.08 Å². The molecule has 0 fully saturated rings. The summed E-state index contributed by atoms with van der Waals surface area (Å²) < 4.78 is 10.4. The van der Waals surface area contributed by atoms with Gasteiger partial charge >= 0.3 is 8.03 Å². The average molecular weight is 202 g/mol. The Balaban J connectivity index is 2.03. The predicted molar refractivity (Wildman–Crippen MR) is 53.8 cm³/mol. The molecule has 4 heteroatoms. The first-order chi connectivity index (χ1) is 6.18. The monoisotopic (exact) mass is 202 g/mol. The molecule has 13 heavy (non-hydrogen) atoms. The molecule has 1 rings (SSSR count). The van der Waals surface area contributed by atoms with Gasteiger partial charge in [-0.1, -0.05) is 11.6 Å². The van der Waals surface area contributed by atoms with E-state index in [1.807, 2.05) is 0 Å². The third-order valence-corrected chi connectivity index (χ3v) is 3.03. The van der Waals surface area contributed by atoms with Crippen molar-refractivity contribution in [3.05, 3.63) is 11.6 Å². The summed E-state index contributed by atoms with van der Waals surface area (Å²) in [7, 11) is -1.93. The highest BCUT2D eigenvalue weighted by Crippen LogP contribution is 2.23. The number of hydrogen-bond acceptors (Lipinski definition) is 2. The van der Waals surface area contributed by atoms with E-state index in [1.165, 1.54) is 5.57 Å². The molecular weight excluding hydrogens is 185 g/mol. The Morgan fingerprint density at radius 3 is 2.92 bits per heavy atom. The van der Waals surface area contributed by atoms with Crippen LogP contribution in [0.4, 0.5) is 0 Å². The van der Waals surface area contributed by atoms with E-state index >= 15 is 0 Å². The molecule has 0 saturated heterocycles. The number of nitrogens with two attached hydrogens (primary N) is 1. The normalized spacial score (nSPS) is 23.1. The van der Waals surface area contributed by atoms with E-state index in [9.17, 15) is 4.57 Å². The minimum atomic E-state index is -1.93. The van der Waals surface area contributed by atoms with Crippen LogP contribution in [0.5, 0.6) is 0 Å². The summed E-state index contributed by atoms with van der Waals surface area (Å²) in [5.74, 6) is 0. The quantitative estimate of drug-likeness (QED) is 0.407. The molecule has 0 bridgehead atoms. The second kappa shape index (κ2) is 5.48. The van der Waals surface area contributed by atoms with E-state index in [0.29, 0.717) is 12.2 Å². The zero-order valence-electron chi connectivity index (χ0n) is 7.78. The summed E-state index contributed by atoms with van der Waals surface area (Å²) in [6.07, 6.45) is 7.59. The smallest absolute Gasteiger partial charge is 0.327 e. The first-order valence-corrected chi connectivity index (χ1v) is 6.15. The Labute approximate surface area is 79.9 Å². The number of unbranched alkanes of at least 4 members (excludes halogenated alkanes) is 1. The van der Waals surface area contributed by atoms with Gasteiger partial charge in [0.15, 0.2) is 6.16 Å². The molecule has 0 saturated carbocycles. The SMILES string of the molecule is NC1CC=C(CCCC[P+](=O)O)C1. The Morgan fingerprint density at radius 1 is 1.62 bits per heavy atom. The Bertz CT molecular complexity index is 216. The zero-order chi connectivity index (χ0) is 9.68. The van der Waals surface area contributed by atoms with Crippen LogP contribution in [-0.4, -0.2) is 17.1 Å². The largest absolute Gasteiger partial charge is 0.505 e. The lowest BCUT2D eigenvalue weighted by atomic mass is 10.1. The molecule has 0 aromatic rings. The molecule has 3 nitrogen and oxygen atoms in total. The van der Waals surface area contributed by atoms with E-state index in [4.69, 9.17) is 10.6 Å². The summed E-state index contributed by atoms with van der Waals surface area (Å²) in [6.45, 7) is 0. The van der Waals surface area contributed by atoms with Crippen LogP contribution < -0.4 is 5.73 Å². The van der Waals surface area contributed by atoms with E-state index < -0.39 is 8.03 Å². The van der Waals surface area contributed by atoms with E-state index in [1.54, 1.807) is 0 Å². The zero-order valence-corrected chi connectivity index (χ0v) is 8.67. The maximum Gasteiger partial charge on any atom is 0.505 e. The van der Waals surface area contributed by atoms with Gasteiger partial charge in [-0.2, -0.15) is 4.89 Å². The summed E-state index contributed by atoms with van der Waals surface area (Å²) >= 11 is 0. The van der Waals surface area contributed by atoms with Crippen molar-refractivity contribution < 1.29 is 9.46 Å². The van der Waals surface area contributed by atoms with Crippen molar-refractivity contribution in [2.45, 2.75) is 38.1 Å². The molecule has 0 radical (unpaired) electrons. The molecule has 0 aromatic carbocycles. The van der Waals surface area contributed by atoms with Gasteiger partial charge in [0, 0.05) is 6.04 Å². The maximum absolute atomic E-state index is 10.4. The Kier molecular flexibility index (Phi) is 4.57. The van der Waals surface area contributed by atoms with Gasteiger partial charge in [-0.15, -0.1) is 0 Å². The molecule has 0 aromatic heterocycles. The highest BCUT2D eigenvalue weighted by Gasteiger charge is 2.13. The van der Waals surface area contributed by atoms with Gasteiger partial charge in [0.1, 0.15) is 0 Å². The van der Waals surface area contributed by atoms with Crippen molar-refractivity contribution in [1.82, 2.24) is 0 Å². The summed E-state index contributed by atoms with van der Waals surface area (Å²) in [6, 6.07) is 0.324. The van der Waals surface area contributed by atoms with Gasteiger partial charge in [0.2, 0.25) is 0 Å². The molecule has 0 heterocycles. The predicted octanol–water partition coefficient (Wildman–Crippen LogP) is 1.94. The van der Waals surface area contributed by atoms with Crippen LogP contribution in [0.1, 0.15) is 32.1 Å². The van der Waals surface area contributed by atoms with Gasteiger partial charge in [-0.25, -0.2) is 0 Å². The van der Waals surface area contributed by atoms with Gasteiger partial charge in [-0.05, 0) is 36.7 Å². The molecule has 1 aliphatic rings. The van der Waals surface area contributed by atoms with Crippen molar-refractivity contribution in [2.75, 3.05) is 6.16 Å². The van der Waals surface area contributed by atoms with Gasteiger partial charge in [0.25, 0.3) is 0 Å². The molecule has 3 N–H and O–H groups in total. The average Bonchev–Trinajstić information content (AvgIpc) is 2.45. The molecule has 0 spiro atoms. The van der Waals surface area contributed by atoms with Crippen LogP contribution in [0, 0.1) is 0 Å². The van der Waals surface area contributed by atoms with Crippen LogP contribution in [0.15, 0.2) is 11.6 Å². The first-order valence-electron chi connectivity index (χ1n) is 4.75. The maximum atomic E-state index is 10.4. The van der Waals surface area contributed by atoms with Crippen LogP contribution in [0.3, 0.4) is 0 Å². The fourth-order valence-electron chi connectivity index (χ4n) is 1.62. The van der Waals surface area contributed by atoms with Crippen molar-refractivity contribution in [1.29, 1.82) is 0 Å². The topological polar surface area (TPSA) is 63.3 Å². The fourth-order valence-corrected chi connectivity index (χ4v) is 2.12. The molecule has 1 aliphatic carbocycles. The summed E-state index contributed by atoms with van der Waals surface area (Å²) in [5, 5.41) is 0. The summed E-state index contributed by atoms with van der Waals surface area (Å²) in [5.41, 5.74) is 7.17. The Hall–Kier alpha value is -0.240. The minimum Gasteiger partial charge on any atom is -0.327 e. The second-order valence-corrected chi connectivity index (χ2v) is 4.75.